The number of esters is 1. The number of ether oxygens (including phenoxy) is 2. The maximum absolute atomic E-state index is 12.3. The van der Waals surface area contributed by atoms with Crippen LogP contribution in [0.3, 0.4) is 0 Å². The molecule has 0 aliphatic carbocycles. The fourth-order valence-corrected chi connectivity index (χ4v) is 3.58. The lowest BCUT2D eigenvalue weighted by molar-refractivity contribution is 0.0502. The summed E-state index contributed by atoms with van der Waals surface area (Å²) in [6, 6.07) is 0. The molecule has 0 saturated heterocycles. The van der Waals surface area contributed by atoms with Crippen molar-refractivity contribution in [1.82, 2.24) is 0 Å². The highest BCUT2D eigenvalue weighted by Gasteiger charge is 2.26. The van der Waals surface area contributed by atoms with Crippen molar-refractivity contribution in [1.29, 1.82) is 0 Å². The Balaban J connectivity index is 2.71. The van der Waals surface area contributed by atoms with Gasteiger partial charge in [0.15, 0.2) is 0 Å². The molecule has 0 bridgehead atoms. The van der Waals surface area contributed by atoms with Gasteiger partial charge in [-0.25, -0.2) is 14.4 Å². The highest BCUT2D eigenvalue weighted by molar-refractivity contribution is 7.18. The summed E-state index contributed by atoms with van der Waals surface area (Å²) in [5, 5.41) is 11.9. The van der Waals surface area contributed by atoms with Crippen molar-refractivity contribution in [2.45, 2.75) is 72.3 Å². The van der Waals surface area contributed by atoms with Crippen molar-refractivity contribution in [3.8, 4) is 0 Å². The Hall–Kier alpha value is -2.09. The van der Waals surface area contributed by atoms with Crippen LogP contribution in [0.1, 0.15) is 84.9 Å². The molecular weight excluding hydrogens is 370 g/mol. The van der Waals surface area contributed by atoms with Crippen molar-refractivity contribution in [2.75, 3.05) is 11.9 Å². The molecule has 0 radical (unpaired) electrons. The maximum atomic E-state index is 12.3. The van der Waals surface area contributed by atoms with Crippen molar-refractivity contribution < 1.29 is 29.0 Å². The van der Waals surface area contributed by atoms with Crippen LogP contribution < -0.4 is 5.32 Å². The standard InChI is InChI=1S/C19H29NO6S/c1-5-6-7-8-9-10-11-25-18(23)15-13(4)14(17(21)22)16(27-15)20-19(24)26-12(2)3/h12H,5-11H2,1-4H3,(H,20,24)(H,21,22). The minimum atomic E-state index is -1.22. The molecule has 2 N–H and O–H groups in total. The molecule has 8 heteroatoms. The molecule has 0 unspecified atom stereocenters. The zero-order valence-electron chi connectivity index (χ0n) is 16.4. The van der Waals surface area contributed by atoms with Crippen molar-refractivity contribution in [3.63, 3.8) is 0 Å². The van der Waals surface area contributed by atoms with Gasteiger partial charge in [0.25, 0.3) is 0 Å². The highest BCUT2D eigenvalue weighted by atomic mass is 32.1. The summed E-state index contributed by atoms with van der Waals surface area (Å²) < 4.78 is 10.2. The van der Waals surface area contributed by atoms with E-state index in [0.29, 0.717) is 6.61 Å². The van der Waals surface area contributed by atoms with Crippen LogP contribution in [0.2, 0.25) is 0 Å². The summed E-state index contributed by atoms with van der Waals surface area (Å²) >= 11 is 0.886. The molecule has 1 amide bonds. The Morgan fingerprint density at radius 2 is 1.74 bits per heavy atom. The minimum absolute atomic E-state index is 0.0668. The van der Waals surface area contributed by atoms with E-state index in [1.54, 1.807) is 13.8 Å². The van der Waals surface area contributed by atoms with Gasteiger partial charge in [0.05, 0.1) is 18.3 Å². The molecule has 0 spiro atoms. The van der Waals surface area contributed by atoms with Gasteiger partial charge in [-0.05, 0) is 32.8 Å². The van der Waals surface area contributed by atoms with Crippen LogP contribution in [0.5, 0.6) is 0 Å². The molecule has 0 fully saturated rings. The van der Waals surface area contributed by atoms with Gasteiger partial charge in [0, 0.05) is 0 Å². The third-order valence-electron chi connectivity index (χ3n) is 3.84. The molecule has 0 aromatic carbocycles. The molecule has 0 aliphatic heterocycles. The first-order valence-electron chi connectivity index (χ1n) is 9.29. The zero-order valence-corrected chi connectivity index (χ0v) is 17.2. The Morgan fingerprint density at radius 1 is 1.11 bits per heavy atom. The number of unbranched alkanes of at least 4 members (excludes halogenated alkanes) is 5. The largest absolute Gasteiger partial charge is 0.478 e. The molecule has 0 atom stereocenters. The first-order chi connectivity index (χ1) is 12.8. The molecule has 152 valence electrons. The summed E-state index contributed by atoms with van der Waals surface area (Å²) in [4.78, 5) is 35.8. The van der Waals surface area contributed by atoms with Gasteiger partial charge >= 0.3 is 18.0 Å². The van der Waals surface area contributed by atoms with Gasteiger partial charge in [0.1, 0.15) is 9.88 Å². The van der Waals surface area contributed by atoms with Gasteiger partial charge < -0.3 is 14.6 Å². The van der Waals surface area contributed by atoms with Crippen LogP contribution in [0.15, 0.2) is 0 Å². The van der Waals surface area contributed by atoms with E-state index in [1.807, 2.05) is 0 Å². The molecule has 1 heterocycles. The molecule has 27 heavy (non-hydrogen) atoms. The van der Waals surface area contributed by atoms with Crippen LogP contribution >= 0.6 is 11.3 Å². The normalized spacial score (nSPS) is 10.7. The number of carboxylic acid groups (broad SMARTS) is 1. The third-order valence-corrected chi connectivity index (χ3v) is 5.02. The molecule has 0 aliphatic rings. The SMILES string of the molecule is CCCCCCCCOC(=O)c1sc(NC(=O)OC(C)C)c(C(=O)O)c1C. The van der Waals surface area contributed by atoms with Crippen LogP contribution in [-0.2, 0) is 9.47 Å². The number of aromatic carboxylic acids is 1. The fourth-order valence-electron chi connectivity index (χ4n) is 2.50. The smallest absolute Gasteiger partial charge is 0.412 e. The van der Waals surface area contributed by atoms with Crippen LogP contribution in [0, 0.1) is 6.92 Å². The number of hydrogen-bond acceptors (Lipinski definition) is 6. The average Bonchev–Trinajstić information content (AvgIpc) is 2.89. The zero-order chi connectivity index (χ0) is 20.4. The lowest BCUT2D eigenvalue weighted by atomic mass is 10.1. The second-order valence-corrected chi connectivity index (χ2v) is 7.57. The lowest BCUT2D eigenvalue weighted by Crippen LogP contribution is -2.18. The number of carbonyl (C=O) groups is 3. The van der Waals surface area contributed by atoms with Crippen LogP contribution in [0.25, 0.3) is 0 Å². The summed E-state index contributed by atoms with van der Waals surface area (Å²) in [6.07, 6.45) is 5.33. The summed E-state index contributed by atoms with van der Waals surface area (Å²) in [5.74, 6) is -1.79. The van der Waals surface area contributed by atoms with Crippen LogP contribution in [0.4, 0.5) is 9.80 Å². The van der Waals surface area contributed by atoms with E-state index in [-0.39, 0.29) is 27.1 Å². The number of carbonyl (C=O) groups excluding carboxylic acids is 2. The van der Waals surface area contributed by atoms with Gasteiger partial charge in [-0.3, -0.25) is 5.32 Å². The Kier molecular flexibility index (Phi) is 9.85. The van der Waals surface area contributed by atoms with Gasteiger partial charge in [-0.2, -0.15) is 0 Å². The molecule has 1 aromatic heterocycles. The van der Waals surface area contributed by atoms with E-state index in [9.17, 15) is 19.5 Å². The average molecular weight is 400 g/mol. The van der Waals surface area contributed by atoms with E-state index in [4.69, 9.17) is 9.47 Å². The number of amides is 1. The quantitative estimate of drug-likeness (QED) is 0.390. The lowest BCUT2D eigenvalue weighted by Gasteiger charge is -2.08. The van der Waals surface area contributed by atoms with Crippen molar-refractivity contribution in [3.05, 3.63) is 16.0 Å². The molecule has 1 aromatic rings. The second kappa shape index (κ2) is 11.6. The molecule has 7 nitrogen and oxygen atoms in total. The number of thiophene rings is 1. The number of rotatable bonds is 11. The monoisotopic (exact) mass is 399 g/mol. The molecule has 1 rings (SSSR count). The van der Waals surface area contributed by atoms with E-state index >= 15 is 0 Å². The van der Waals surface area contributed by atoms with Crippen LogP contribution in [-0.4, -0.2) is 35.8 Å². The summed E-state index contributed by atoms with van der Waals surface area (Å²) in [6.45, 7) is 7.34. The predicted octanol–water partition coefficient (Wildman–Crippen LogP) is 5.23. The van der Waals surface area contributed by atoms with Gasteiger partial charge in [-0.1, -0.05) is 39.0 Å². The van der Waals surface area contributed by atoms with Crippen molar-refractivity contribution >= 4 is 34.4 Å². The number of carboxylic acids is 1. The Labute approximate surface area is 164 Å². The fraction of sp³-hybridized carbons (Fsp3) is 0.632. The minimum Gasteiger partial charge on any atom is -0.478 e. The highest BCUT2D eigenvalue weighted by Crippen LogP contribution is 2.34. The topological polar surface area (TPSA) is 102 Å². The Bertz CT molecular complexity index is 653. The maximum Gasteiger partial charge on any atom is 0.412 e. The molecule has 0 saturated carbocycles. The van der Waals surface area contributed by atoms with Crippen molar-refractivity contribution in [2.24, 2.45) is 0 Å². The first-order valence-corrected chi connectivity index (χ1v) is 10.1. The van der Waals surface area contributed by atoms with E-state index in [2.05, 4.69) is 12.2 Å². The van der Waals surface area contributed by atoms with Gasteiger partial charge in [-0.15, -0.1) is 11.3 Å². The number of hydrogen-bond donors (Lipinski definition) is 2. The Morgan fingerprint density at radius 3 is 2.33 bits per heavy atom. The number of anilines is 1. The number of nitrogens with one attached hydrogen (secondary N) is 1. The summed E-state index contributed by atoms with van der Waals surface area (Å²) in [5.41, 5.74) is 0.160. The summed E-state index contributed by atoms with van der Waals surface area (Å²) in [7, 11) is 0. The first kappa shape index (κ1) is 23.0. The van der Waals surface area contributed by atoms with E-state index in [0.717, 1.165) is 30.6 Å². The van der Waals surface area contributed by atoms with Gasteiger partial charge in [0.2, 0.25) is 0 Å². The third kappa shape index (κ3) is 7.58. The molecular formula is C19H29NO6S. The predicted molar refractivity (Wildman–Crippen MR) is 105 cm³/mol. The van der Waals surface area contributed by atoms with E-state index in [1.165, 1.54) is 26.2 Å². The second-order valence-electron chi connectivity index (χ2n) is 6.55. The van der Waals surface area contributed by atoms with E-state index < -0.39 is 18.0 Å².